The minimum atomic E-state index is -2.14. The minimum absolute atomic E-state index is 0.0320. The van der Waals surface area contributed by atoms with E-state index in [1.54, 1.807) is 0 Å². The fraction of sp³-hybridized carbons (Fsp3) is 0.800. The van der Waals surface area contributed by atoms with Crippen molar-refractivity contribution >= 4 is 41.1 Å². The Morgan fingerprint density at radius 3 is 1.83 bits per heavy atom. The molecule has 0 aliphatic heterocycles. The van der Waals surface area contributed by atoms with Crippen molar-refractivity contribution in [1.82, 2.24) is 0 Å². The summed E-state index contributed by atoms with van der Waals surface area (Å²) >= 11 is 15.5. The molecule has 0 fully saturated rings. The lowest BCUT2D eigenvalue weighted by Gasteiger charge is -2.24. The maximum Gasteiger partial charge on any atom is 0.218 e. The summed E-state index contributed by atoms with van der Waals surface area (Å²) in [4.78, 5) is 9.93. The normalized spacial score (nSPS) is 19.8. The van der Waals surface area contributed by atoms with Crippen LogP contribution in [0.25, 0.3) is 0 Å². The number of aliphatic hydroxyl groups excluding tert-OH is 3. The molecule has 4 nitrogen and oxygen atoms in total. The van der Waals surface area contributed by atoms with Gasteiger partial charge in [0.25, 0.3) is 0 Å². The Kier molecular flexibility index (Phi) is 4.76. The highest BCUT2D eigenvalue weighted by Gasteiger charge is 2.39. The molecule has 0 rings (SSSR count). The lowest BCUT2D eigenvalue weighted by atomic mass is 10.1. The Morgan fingerprint density at radius 2 is 1.58 bits per heavy atom. The van der Waals surface area contributed by atoms with E-state index in [4.69, 9.17) is 50.1 Å². The van der Waals surface area contributed by atoms with Crippen LogP contribution in [0.2, 0.25) is 0 Å². The van der Waals surface area contributed by atoms with Gasteiger partial charge >= 0.3 is 0 Å². The topological polar surface area (TPSA) is 77.8 Å². The summed E-state index contributed by atoms with van der Waals surface area (Å²) in [5, 5.41) is 26.6. The molecule has 0 amide bonds. The van der Waals surface area contributed by atoms with Crippen molar-refractivity contribution < 1.29 is 20.1 Å². The van der Waals surface area contributed by atoms with Crippen molar-refractivity contribution in [3.8, 4) is 0 Å². The first-order valence-electron chi connectivity index (χ1n) is 2.87. The van der Waals surface area contributed by atoms with Crippen LogP contribution in [0.4, 0.5) is 0 Å². The number of rotatable bonds is 3. The zero-order valence-corrected chi connectivity index (χ0v) is 7.96. The van der Waals surface area contributed by atoms with Crippen molar-refractivity contribution in [2.45, 2.75) is 22.1 Å². The molecule has 3 atom stereocenters. The molecule has 0 aromatic heterocycles. The van der Waals surface area contributed by atoms with Gasteiger partial charge in [-0.15, -0.1) is 0 Å². The second kappa shape index (κ2) is 4.60. The van der Waals surface area contributed by atoms with E-state index in [0.29, 0.717) is 0 Å². The molecular weight excluding hydrogens is 230 g/mol. The van der Waals surface area contributed by atoms with Crippen LogP contribution in [0.5, 0.6) is 0 Å². The quantitative estimate of drug-likeness (QED) is 0.463. The monoisotopic (exact) mass is 236 g/mol. The highest BCUT2D eigenvalue weighted by atomic mass is 35.6. The largest absolute Gasteiger partial charge is 0.387 e. The highest BCUT2D eigenvalue weighted by molar-refractivity contribution is 6.68. The van der Waals surface area contributed by atoms with Crippen molar-refractivity contribution in [2.75, 3.05) is 0 Å². The fourth-order valence-corrected chi connectivity index (χ4v) is 0.848. The van der Waals surface area contributed by atoms with Crippen LogP contribution < -0.4 is 0 Å². The van der Waals surface area contributed by atoms with Gasteiger partial charge in [-0.3, -0.25) is 0 Å². The van der Waals surface area contributed by atoms with Crippen molar-refractivity contribution in [3.63, 3.8) is 0 Å². The Morgan fingerprint density at radius 1 is 1.17 bits per heavy atom. The molecule has 3 N–H and O–H groups in total. The predicted octanol–water partition coefficient (Wildman–Crippen LogP) is -0.362. The van der Waals surface area contributed by atoms with E-state index in [-0.39, 0.29) is 6.29 Å². The van der Waals surface area contributed by atoms with Crippen LogP contribution in [0.1, 0.15) is 0 Å². The van der Waals surface area contributed by atoms with Gasteiger partial charge in [0.1, 0.15) is 18.3 Å². The molecule has 0 aliphatic carbocycles. The first-order chi connectivity index (χ1) is 5.30. The molecule has 7 heteroatoms. The molecule has 12 heavy (non-hydrogen) atoms. The first kappa shape index (κ1) is 12.4. The van der Waals surface area contributed by atoms with E-state index in [2.05, 4.69) is 0 Å². The summed E-state index contributed by atoms with van der Waals surface area (Å²) in [7, 11) is 0. The molecular formula is C5H7Cl3O4. The standard InChI is InChI=1S/C5H7Cl3O4/c6-5(7,8)4(12)3(11)2(10)1-9/h1-4,10-12H/t2-,3-,4+/m1/s1. The number of aldehydes is 1. The van der Waals surface area contributed by atoms with Crippen LogP contribution in [0.3, 0.4) is 0 Å². The number of alkyl halides is 3. The molecule has 0 aromatic carbocycles. The Labute approximate surface area is 83.7 Å². The van der Waals surface area contributed by atoms with Gasteiger partial charge in [-0.05, 0) is 0 Å². The van der Waals surface area contributed by atoms with E-state index in [9.17, 15) is 4.79 Å². The van der Waals surface area contributed by atoms with E-state index in [0.717, 1.165) is 0 Å². The molecule has 0 saturated heterocycles. The maximum absolute atomic E-state index is 9.93. The summed E-state index contributed by atoms with van der Waals surface area (Å²) < 4.78 is -2.14. The van der Waals surface area contributed by atoms with Crippen LogP contribution in [-0.4, -0.2) is 43.7 Å². The molecule has 0 unspecified atom stereocenters. The summed E-state index contributed by atoms with van der Waals surface area (Å²) in [5.41, 5.74) is 0. The van der Waals surface area contributed by atoms with Crippen molar-refractivity contribution in [2.24, 2.45) is 0 Å². The lowest BCUT2D eigenvalue weighted by Crippen LogP contribution is -2.45. The molecule has 0 radical (unpaired) electrons. The first-order valence-corrected chi connectivity index (χ1v) is 4.00. The van der Waals surface area contributed by atoms with Gasteiger partial charge in [0.15, 0.2) is 6.29 Å². The second-order valence-electron chi connectivity index (χ2n) is 2.10. The van der Waals surface area contributed by atoms with Crippen LogP contribution in [0, 0.1) is 0 Å². The van der Waals surface area contributed by atoms with Gasteiger partial charge in [0.05, 0.1) is 0 Å². The third-order valence-electron chi connectivity index (χ3n) is 1.15. The number of carbonyl (C=O) groups excluding carboxylic acids is 1. The fourth-order valence-electron chi connectivity index (χ4n) is 0.461. The van der Waals surface area contributed by atoms with E-state index in [1.165, 1.54) is 0 Å². The third-order valence-corrected chi connectivity index (χ3v) is 1.82. The minimum Gasteiger partial charge on any atom is -0.387 e. The summed E-state index contributed by atoms with van der Waals surface area (Å²) in [5.74, 6) is 0. The third kappa shape index (κ3) is 3.43. The number of halogens is 3. The average Bonchev–Trinajstić information content (AvgIpc) is 1.98. The van der Waals surface area contributed by atoms with Crippen molar-refractivity contribution in [1.29, 1.82) is 0 Å². The summed E-state index contributed by atoms with van der Waals surface area (Å²) in [6.45, 7) is 0. The number of hydrogen-bond donors (Lipinski definition) is 3. The Hall–Kier alpha value is 0.420. The molecule has 0 aliphatic rings. The molecule has 72 valence electrons. The van der Waals surface area contributed by atoms with Gasteiger partial charge in [-0.1, -0.05) is 34.8 Å². The Balaban J connectivity index is 4.28. The van der Waals surface area contributed by atoms with Crippen LogP contribution in [0.15, 0.2) is 0 Å². The van der Waals surface area contributed by atoms with E-state index in [1.807, 2.05) is 0 Å². The van der Waals surface area contributed by atoms with E-state index >= 15 is 0 Å². The van der Waals surface area contributed by atoms with Crippen molar-refractivity contribution in [3.05, 3.63) is 0 Å². The number of hydrogen-bond acceptors (Lipinski definition) is 4. The molecule has 0 aromatic rings. The van der Waals surface area contributed by atoms with Gasteiger partial charge < -0.3 is 20.1 Å². The average molecular weight is 237 g/mol. The van der Waals surface area contributed by atoms with Gasteiger partial charge in [0, 0.05) is 0 Å². The summed E-state index contributed by atoms with van der Waals surface area (Å²) in [6.07, 6.45) is -5.36. The lowest BCUT2D eigenvalue weighted by molar-refractivity contribution is -0.125. The summed E-state index contributed by atoms with van der Waals surface area (Å²) in [6, 6.07) is 0. The van der Waals surface area contributed by atoms with Gasteiger partial charge in [-0.25, -0.2) is 0 Å². The molecule has 0 spiro atoms. The predicted molar refractivity (Wildman–Crippen MR) is 44.4 cm³/mol. The highest BCUT2D eigenvalue weighted by Crippen LogP contribution is 2.32. The number of aliphatic hydroxyl groups is 3. The number of carbonyl (C=O) groups is 1. The zero-order valence-electron chi connectivity index (χ0n) is 5.69. The SMILES string of the molecule is O=C[C@@H](O)[C@@H](O)[C@H](O)C(Cl)(Cl)Cl. The van der Waals surface area contributed by atoms with Crippen LogP contribution >= 0.6 is 34.8 Å². The zero-order chi connectivity index (χ0) is 9.94. The van der Waals surface area contributed by atoms with Gasteiger partial charge in [0.2, 0.25) is 3.79 Å². The van der Waals surface area contributed by atoms with Crippen LogP contribution in [-0.2, 0) is 4.79 Å². The van der Waals surface area contributed by atoms with Gasteiger partial charge in [-0.2, -0.15) is 0 Å². The maximum atomic E-state index is 9.93. The molecule has 0 saturated carbocycles. The van der Waals surface area contributed by atoms with E-state index < -0.39 is 22.1 Å². The molecule has 0 heterocycles. The second-order valence-corrected chi connectivity index (χ2v) is 4.47. The smallest absolute Gasteiger partial charge is 0.218 e. The molecule has 0 bridgehead atoms. The Bertz CT molecular complexity index is 157.